The van der Waals surface area contributed by atoms with Crippen molar-refractivity contribution in [1.82, 2.24) is 10.6 Å². The Balaban J connectivity index is 2.10. The van der Waals surface area contributed by atoms with E-state index in [1.54, 1.807) is 42.5 Å². The van der Waals surface area contributed by atoms with E-state index in [4.69, 9.17) is 16.3 Å². The highest BCUT2D eigenvalue weighted by Crippen LogP contribution is 2.30. The molecule has 2 aromatic carbocycles. The lowest BCUT2D eigenvalue weighted by Crippen LogP contribution is -2.47. The summed E-state index contributed by atoms with van der Waals surface area (Å²) in [6.45, 7) is 0. The molecule has 146 valence electrons. The topological polar surface area (TPSA) is 102 Å². The van der Waals surface area contributed by atoms with E-state index in [2.05, 4.69) is 10.6 Å². The molecule has 2 N–H and O–H groups in total. The molecule has 3 rings (SSSR count). The monoisotopic (exact) mass is 420 g/mol. The normalized spacial score (nSPS) is 16.9. The van der Waals surface area contributed by atoms with Crippen LogP contribution in [0.15, 0.2) is 70.8 Å². The summed E-state index contributed by atoms with van der Waals surface area (Å²) in [5.74, 6) is -1.32. The number of hydrogen-bond acceptors (Lipinski definition) is 5. The lowest BCUT2D eigenvalue weighted by atomic mass is 9.95. The van der Waals surface area contributed by atoms with Crippen molar-refractivity contribution < 1.29 is 22.7 Å². The number of sulfone groups is 1. The highest BCUT2D eigenvalue weighted by Gasteiger charge is 2.35. The lowest BCUT2D eigenvalue weighted by Gasteiger charge is -2.29. The number of ether oxygens (including phenoxy) is 1. The summed E-state index contributed by atoms with van der Waals surface area (Å²) in [7, 11) is -2.62. The third-order valence-corrected chi connectivity index (χ3v) is 6.07. The molecule has 0 spiro atoms. The van der Waals surface area contributed by atoms with Crippen LogP contribution in [0.4, 0.5) is 4.79 Å². The number of nitrogens with one attached hydrogen (secondary N) is 2. The van der Waals surface area contributed by atoms with Crippen LogP contribution in [-0.4, -0.2) is 33.3 Å². The van der Waals surface area contributed by atoms with Crippen molar-refractivity contribution in [3.05, 3.63) is 76.5 Å². The zero-order valence-corrected chi connectivity index (χ0v) is 16.4. The molecule has 0 saturated heterocycles. The van der Waals surface area contributed by atoms with Crippen LogP contribution in [-0.2, 0) is 19.4 Å². The molecule has 0 fully saturated rings. The number of urea groups is 1. The quantitative estimate of drug-likeness (QED) is 0.724. The van der Waals surface area contributed by atoms with Gasteiger partial charge < -0.3 is 15.4 Å². The first-order valence-corrected chi connectivity index (χ1v) is 10.3. The maximum absolute atomic E-state index is 12.8. The highest BCUT2D eigenvalue weighted by atomic mass is 35.5. The van der Waals surface area contributed by atoms with Gasteiger partial charge in [0.1, 0.15) is 0 Å². The molecular formula is C19H17ClN2O5S. The molecule has 0 aromatic heterocycles. The molecule has 1 aliphatic rings. The third kappa shape index (κ3) is 4.18. The van der Waals surface area contributed by atoms with Crippen LogP contribution in [0.1, 0.15) is 11.6 Å². The molecule has 0 aliphatic carbocycles. The predicted octanol–water partition coefficient (Wildman–Crippen LogP) is 2.59. The molecule has 0 bridgehead atoms. The minimum absolute atomic E-state index is 0.00359. The molecule has 1 unspecified atom stereocenters. The van der Waals surface area contributed by atoms with Crippen molar-refractivity contribution in [2.24, 2.45) is 0 Å². The Morgan fingerprint density at radius 3 is 2.50 bits per heavy atom. The fourth-order valence-electron chi connectivity index (χ4n) is 2.92. The van der Waals surface area contributed by atoms with Crippen LogP contribution in [0.5, 0.6) is 0 Å². The van der Waals surface area contributed by atoms with Crippen LogP contribution >= 0.6 is 11.6 Å². The second-order valence-corrected chi connectivity index (χ2v) is 8.47. The van der Waals surface area contributed by atoms with Crippen LogP contribution in [0.2, 0.25) is 5.02 Å². The number of rotatable bonds is 5. The van der Waals surface area contributed by atoms with Gasteiger partial charge in [0.15, 0.2) is 9.84 Å². The van der Waals surface area contributed by atoms with Crippen molar-refractivity contribution in [2.45, 2.75) is 10.9 Å². The predicted molar refractivity (Wildman–Crippen MR) is 103 cm³/mol. The van der Waals surface area contributed by atoms with Gasteiger partial charge in [-0.1, -0.05) is 41.9 Å². The highest BCUT2D eigenvalue weighted by molar-refractivity contribution is 7.91. The maximum atomic E-state index is 12.8. The Labute approximate surface area is 167 Å². The van der Waals surface area contributed by atoms with E-state index < -0.39 is 33.6 Å². The van der Waals surface area contributed by atoms with Crippen LogP contribution in [0.3, 0.4) is 0 Å². The van der Waals surface area contributed by atoms with Gasteiger partial charge in [-0.25, -0.2) is 18.0 Å². The second-order valence-electron chi connectivity index (χ2n) is 6.04. The summed E-state index contributed by atoms with van der Waals surface area (Å²) < 4.78 is 30.4. The van der Waals surface area contributed by atoms with Crippen molar-refractivity contribution >= 4 is 33.4 Å². The van der Waals surface area contributed by atoms with Gasteiger partial charge >= 0.3 is 12.0 Å². The van der Waals surface area contributed by atoms with Crippen LogP contribution in [0, 0.1) is 0 Å². The van der Waals surface area contributed by atoms with Gasteiger partial charge in [-0.3, -0.25) is 0 Å². The van der Waals surface area contributed by atoms with Gasteiger partial charge in [0.05, 0.1) is 29.4 Å². The smallest absolute Gasteiger partial charge is 0.338 e. The zero-order valence-electron chi connectivity index (χ0n) is 14.8. The molecule has 7 nitrogen and oxygen atoms in total. The molecule has 0 radical (unpaired) electrons. The van der Waals surface area contributed by atoms with Gasteiger partial charge in [0, 0.05) is 10.7 Å². The number of amides is 2. The standard InChI is InChI=1S/C19H17ClN2O5S/c1-27-18(23)16-15(11-28(25,26)14-8-3-2-4-9-14)21-19(24)22-17(16)12-6-5-7-13(20)10-12/h2-10,17H,11H2,1H3,(H2,21,22,24). The van der Waals surface area contributed by atoms with Crippen molar-refractivity contribution in [2.75, 3.05) is 12.9 Å². The molecule has 2 aromatic rings. The van der Waals surface area contributed by atoms with E-state index in [-0.39, 0.29) is 16.2 Å². The molecule has 2 amide bonds. The van der Waals surface area contributed by atoms with Gasteiger partial charge in [0.2, 0.25) is 0 Å². The number of methoxy groups -OCH3 is 1. The fourth-order valence-corrected chi connectivity index (χ4v) is 4.47. The Bertz CT molecular complexity index is 1050. The average molecular weight is 421 g/mol. The Hall–Kier alpha value is -2.84. The summed E-state index contributed by atoms with van der Waals surface area (Å²) in [5.41, 5.74) is 0.491. The van der Waals surface area contributed by atoms with Crippen molar-refractivity contribution in [3.8, 4) is 0 Å². The van der Waals surface area contributed by atoms with Gasteiger partial charge in [0.25, 0.3) is 0 Å². The molecular weight excluding hydrogens is 404 g/mol. The molecule has 1 aliphatic heterocycles. The first-order chi connectivity index (χ1) is 13.3. The molecule has 0 saturated carbocycles. The van der Waals surface area contributed by atoms with Gasteiger partial charge in [-0.2, -0.15) is 0 Å². The average Bonchev–Trinajstić information content (AvgIpc) is 2.67. The second kappa shape index (κ2) is 8.04. The number of halogens is 1. The Morgan fingerprint density at radius 1 is 1.14 bits per heavy atom. The van der Waals surface area contributed by atoms with Crippen molar-refractivity contribution in [3.63, 3.8) is 0 Å². The van der Waals surface area contributed by atoms with Gasteiger partial charge in [-0.05, 0) is 29.8 Å². The number of carbonyl (C=O) groups is 2. The van der Waals surface area contributed by atoms with E-state index in [0.717, 1.165) is 0 Å². The molecule has 1 heterocycles. The Kier molecular flexibility index (Phi) is 5.71. The van der Waals surface area contributed by atoms with Crippen molar-refractivity contribution in [1.29, 1.82) is 0 Å². The SMILES string of the molecule is COC(=O)C1=C(CS(=O)(=O)c2ccccc2)NC(=O)NC1c1cccc(Cl)c1. The summed E-state index contributed by atoms with van der Waals surface area (Å²) in [6, 6.07) is 12.8. The summed E-state index contributed by atoms with van der Waals surface area (Å²) in [6.07, 6.45) is 0. The minimum atomic E-state index is -3.81. The minimum Gasteiger partial charge on any atom is -0.466 e. The third-order valence-electron chi connectivity index (χ3n) is 4.18. The molecule has 9 heteroatoms. The number of esters is 1. The number of benzene rings is 2. The van der Waals surface area contributed by atoms with Crippen LogP contribution in [0.25, 0.3) is 0 Å². The zero-order chi connectivity index (χ0) is 20.3. The van der Waals surface area contributed by atoms with E-state index in [9.17, 15) is 18.0 Å². The first kappa shape index (κ1) is 19.9. The van der Waals surface area contributed by atoms with Gasteiger partial charge in [-0.15, -0.1) is 0 Å². The largest absolute Gasteiger partial charge is 0.466 e. The summed E-state index contributed by atoms with van der Waals surface area (Å²) in [4.78, 5) is 24.7. The van der Waals surface area contributed by atoms with E-state index in [1.165, 1.54) is 19.2 Å². The first-order valence-electron chi connectivity index (χ1n) is 8.24. The molecule has 1 atom stereocenters. The maximum Gasteiger partial charge on any atom is 0.338 e. The van der Waals surface area contributed by atoms with E-state index in [1.807, 2.05) is 0 Å². The number of carbonyl (C=O) groups excluding carboxylic acids is 2. The van der Waals surface area contributed by atoms with Crippen LogP contribution < -0.4 is 10.6 Å². The fraction of sp³-hybridized carbons (Fsp3) is 0.158. The lowest BCUT2D eigenvalue weighted by molar-refractivity contribution is -0.136. The van der Waals surface area contributed by atoms with E-state index in [0.29, 0.717) is 10.6 Å². The summed E-state index contributed by atoms with van der Waals surface area (Å²) in [5, 5.41) is 5.47. The molecule has 28 heavy (non-hydrogen) atoms. The Morgan fingerprint density at radius 2 is 1.86 bits per heavy atom. The number of hydrogen-bond donors (Lipinski definition) is 2. The van der Waals surface area contributed by atoms with E-state index >= 15 is 0 Å². The summed E-state index contributed by atoms with van der Waals surface area (Å²) >= 11 is 6.03.